The molecule has 7 nitrogen and oxygen atoms in total. The topological polar surface area (TPSA) is 70.8 Å². The molecule has 1 aliphatic rings. The quantitative estimate of drug-likeness (QED) is 0.659. The molecule has 4 rings (SSSR count). The number of ether oxygens (including phenoxy) is 1. The molecule has 1 aliphatic heterocycles. The molecule has 1 fully saturated rings. The first-order chi connectivity index (χ1) is 14.2. The molecule has 3 heterocycles. The number of anilines is 1. The van der Waals surface area contributed by atoms with Gasteiger partial charge < -0.3 is 19.4 Å². The maximum absolute atomic E-state index is 12.6. The summed E-state index contributed by atoms with van der Waals surface area (Å²) in [6.07, 6.45) is 1.66. The molecule has 0 spiro atoms. The predicted molar refractivity (Wildman–Crippen MR) is 113 cm³/mol. The molecule has 0 saturated carbocycles. The zero-order chi connectivity index (χ0) is 20.1. The number of nitrogens with one attached hydrogen (secondary N) is 1. The van der Waals surface area contributed by atoms with Crippen LogP contribution < -0.4 is 10.1 Å². The lowest BCUT2D eigenvalue weighted by Gasteiger charge is -2.34. The van der Waals surface area contributed by atoms with Gasteiger partial charge in [0.2, 0.25) is 0 Å². The van der Waals surface area contributed by atoms with Crippen LogP contribution in [0.15, 0.2) is 52.5 Å². The first-order valence-electron chi connectivity index (χ1n) is 9.71. The molecular weight excluding hydrogens is 388 g/mol. The van der Waals surface area contributed by atoms with Gasteiger partial charge in [-0.25, -0.2) is 9.78 Å². The Labute approximate surface area is 173 Å². The molecule has 1 N–H and O–H groups in total. The van der Waals surface area contributed by atoms with Crippen LogP contribution in [0.5, 0.6) is 5.75 Å². The van der Waals surface area contributed by atoms with E-state index in [1.165, 1.54) is 0 Å². The number of carbonyl (C=O) groups is 1. The van der Waals surface area contributed by atoms with Gasteiger partial charge in [-0.05, 0) is 31.2 Å². The smallest absolute Gasteiger partial charge is 0.322 e. The summed E-state index contributed by atoms with van der Waals surface area (Å²) in [5.41, 5.74) is 1.58. The van der Waals surface area contributed by atoms with Gasteiger partial charge in [-0.3, -0.25) is 4.90 Å². The lowest BCUT2D eigenvalue weighted by atomic mass is 10.3. The third-order valence-corrected chi connectivity index (χ3v) is 5.61. The Morgan fingerprint density at radius 1 is 1.21 bits per heavy atom. The van der Waals surface area contributed by atoms with Crippen LogP contribution in [0.2, 0.25) is 0 Å². The van der Waals surface area contributed by atoms with Crippen molar-refractivity contribution in [2.75, 3.05) is 38.1 Å². The van der Waals surface area contributed by atoms with Gasteiger partial charge >= 0.3 is 6.03 Å². The number of piperazine rings is 1. The van der Waals surface area contributed by atoms with Crippen LogP contribution in [0.4, 0.5) is 10.5 Å². The van der Waals surface area contributed by atoms with Crippen LogP contribution >= 0.6 is 11.3 Å². The molecule has 0 bridgehead atoms. The number of nitrogens with zero attached hydrogens (tertiary/aromatic N) is 3. The van der Waals surface area contributed by atoms with Crippen molar-refractivity contribution in [2.45, 2.75) is 13.5 Å². The number of thiazole rings is 1. The Hall–Kier alpha value is -2.84. The van der Waals surface area contributed by atoms with E-state index >= 15 is 0 Å². The van der Waals surface area contributed by atoms with E-state index in [9.17, 15) is 4.79 Å². The number of rotatable bonds is 6. The third kappa shape index (κ3) is 4.78. The van der Waals surface area contributed by atoms with Crippen LogP contribution in [0.25, 0.3) is 11.5 Å². The van der Waals surface area contributed by atoms with E-state index in [1.54, 1.807) is 17.6 Å². The Kier molecular flexibility index (Phi) is 6.12. The van der Waals surface area contributed by atoms with Crippen molar-refractivity contribution < 1.29 is 13.9 Å². The van der Waals surface area contributed by atoms with E-state index in [2.05, 4.69) is 15.2 Å². The van der Waals surface area contributed by atoms with Crippen LogP contribution in [-0.4, -0.2) is 53.6 Å². The number of carbonyl (C=O) groups excluding carboxylic acids is 1. The minimum Gasteiger partial charge on any atom is -0.492 e. The average molecular weight is 413 g/mol. The Bertz CT molecular complexity index is 933. The number of benzene rings is 1. The number of para-hydroxylation sites is 2. The number of furan rings is 1. The summed E-state index contributed by atoms with van der Waals surface area (Å²) in [7, 11) is 0. The first-order valence-corrected chi connectivity index (χ1v) is 10.6. The zero-order valence-corrected chi connectivity index (χ0v) is 17.2. The SMILES string of the molecule is CCOc1ccccc1NC(=O)N1CCN(Cc2nc(-c3ccco3)cs2)CC1. The molecule has 3 aromatic rings. The highest BCUT2D eigenvalue weighted by Crippen LogP contribution is 2.25. The second kappa shape index (κ2) is 9.11. The van der Waals surface area contributed by atoms with E-state index in [4.69, 9.17) is 9.15 Å². The number of urea groups is 1. The predicted octanol–water partition coefficient (Wildman–Crippen LogP) is 4.15. The van der Waals surface area contributed by atoms with E-state index < -0.39 is 0 Å². The van der Waals surface area contributed by atoms with Crippen molar-refractivity contribution in [1.29, 1.82) is 0 Å². The summed E-state index contributed by atoms with van der Waals surface area (Å²) in [6.45, 7) is 6.26. The summed E-state index contributed by atoms with van der Waals surface area (Å²) in [5, 5.41) is 6.05. The maximum atomic E-state index is 12.6. The molecule has 2 aromatic heterocycles. The van der Waals surface area contributed by atoms with E-state index in [-0.39, 0.29) is 6.03 Å². The number of aromatic nitrogens is 1. The van der Waals surface area contributed by atoms with Crippen molar-refractivity contribution in [2.24, 2.45) is 0 Å². The summed E-state index contributed by atoms with van der Waals surface area (Å²) >= 11 is 1.64. The van der Waals surface area contributed by atoms with Gasteiger partial charge in [0.1, 0.15) is 16.5 Å². The lowest BCUT2D eigenvalue weighted by molar-refractivity contribution is 0.143. The summed E-state index contributed by atoms with van der Waals surface area (Å²) in [6, 6.07) is 11.2. The molecule has 1 saturated heterocycles. The summed E-state index contributed by atoms with van der Waals surface area (Å²) in [4.78, 5) is 21.5. The van der Waals surface area contributed by atoms with Gasteiger partial charge in [0.15, 0.2) is 5.76 Å². The Morgan fingerprint density at radius 2 is 2.03 bits per heavy atom. The highest BCUT2D eigenvalue weighted by atomic mass is 32.1. The van der Waals surface area contributed by atoms with E-state index in [0.717, 1.165) is 36.1 Å². The molecule has 29 heavy (non-hydrogen) atoms. The molecule has 0 unspecified atom stereocenters. The van der Waals surface area contributed by atoms with Crippen LogP contribution in [0.1, 0.15) is 11.9 Å². The highest BCUT2D eigenvalue weighted by Gasteiger charge is 2.22. The molecule has 8 heteroatoms. The van der Waals surface area contributed by atoms with Crippen molar-refractivity contribution in [3.05, 3.63) is 53.0 Å². The first kappa shape index (κ1) is 19.5. The summed E-state index contributed by atoms with van der Waals surface area (Å²) < 4.78 is 11.0. The van der Waals surface area contributed by atoms with Crippen molar-refractivity contribution in [3.8, 4) is 17.2 Å². The van der Waals surface area contributed by atoms with Crippen LogP contribution in [0, 0.1) is 0 Å². The number of hydrogen-bond donors (Lipinski definition) is 1. The molecule has 2 amide bonds. The standard InChI is InChI=1S/C21H24N4O3S/c1-2-27-18-7-4-3-6-16(18)23-21(26)25-11-9-24(10-12-25)14-20-22-17(15-29-20)19-8-5-13-28-19/h3-8,13,15H,2,9-12,14H2,1H3,(H,23,26). The van der Waals surface area contributed by atoms with Gasteiger partial charge in [0.05, 0.1) is 25.1 Å². The average Bonchev–Trinajstić information content (AvgIpc) is 3.42. The monoisotopic (exact) mass is 412 g/mol. The van der Waals surface area contributed by atoms with Crippen LogP contribution in [0.3, 0.4) is 0 Å². The number of amides is 2. The van der Waals surface area contributed by atoms with E-state index in [1.807, 2.05) is 53.6 Å². The molecule has 0 aliphatic carbocycles. The van der Waals surface area contributed by atoms with Crippen molar-refractivity contribution in [1.82, 2.24) is 14.8 Å². The van der Waals surface area contributed by atoms with Crippen molar-refractivity contribution in [3.63, 3.8) is 0 Å². The molecule has 152 valence electrons. The van der Waals surface area contributed by atoms with Gasteiger partial charge in [0, 0.05) is 31.6 Å². The molecule has 0 atom stereocenters. The Morgan fingerprint density at radius 3 is 2.79 bits per heavy atom. The maximum Gasteiger partial charge on any atom is 0.322 e. The Balaban J connectivity index is 1.29. The molecule has 0 radical (unpaired) electrons. The van der Waals surface area contributed by atoms with Gasteiger partial charge in [-0.15, -0.1) is 11.3 Å². The molecule has 1 aromatic carbocycles. The fourth-order valence-electron chi connectivity index (χ4n) is 3.27. The van der Waals surface area contributed by atoms with Crippen molar-refractivity contribution >= 4 is 23.1 Å². The van der Waals surface area contributed by atoms with Crippen LogP contribution in [-0.2, 0) is 6.54 Å². The fourth-order valence-corrected chi connectivity index (χ4v) is 4.09. The highest BCUT2D eigenvalue weighted by molar-refractivity contribution is 7.09. The fraction of sp³-hybridized carbons (Fsp3) is 0.333. The number of hydrogen-bond acceptors (Lipinski definition) is 6. The second-order valence-electron chi connectivity index (χ2n) is 6.73. The minimum absolute atomic E-state index is 0.0915. The normalized spacial score (nSPS) is 14.7. The minimum atomic E-state index is -0.0915. The second-order valence-corrected chi connectivity index (χ2v) is 7.67. The summed E-state index contributed by atoms with van der Waals surface area (Å²) in [5.74, 6) is 1.49. The molecular formula is C21H24N4O3S. The third-order valence-electron chi connectivity index (χ3n) is 4.77. The largest absolute Gasteiger partial charge is 0.492 e. The van der Waals surface area contributed by atoms with Gasteiger partial charge in [-0.1, -0.05) is 12.1 Å². The van der Waals surface area contributed by atoms with Gasteiger partial charge in [0.25, 0.3) is 0 Å². The van der Waals surface area contributed by atoms with Gasteiger partial charge in [-0.2, -0.15) is 0 Å². The van der Waals surface area contributed by atoms with E-state index in [0.29, 0.717) is 31.1 Å². The zero-order valence-electron chi connectivity index (χ0n) is 16.3. The lowest BCUT2D eigenvalue weighted by Crippen LogP contribution is -2.49.